The minimum atomic E-state index is -0.201. The van der Waals surface area contributed by atoms with Gasteiger partial charge in [0.05, 0.1) is 10.6 Å². The molecule has 0 saturated carbocycles. The second-order valence-corrected chi connectivity index (χ2v) is 5.85. The van der Waals surface area contributed by atoms with E-state index < -0.39 is 0 Å². The SMILES string of the molecule is Cl.O=C(NCCN1C(=O)C[C@H]2NCC[C@H]21)c1ccccc1Cl. The molecular weight excluding hydrogens is 325 g/mol. The van der Waals surface area contributed by atoms with Gasteiger partial charge in [0, 0.05) is 31.6 Å². The highest BCUT2D eigenvalue weighted by Gasteiger charge is 2.41. The summed E-state index contributed by atoms with van der Waals surface area (Å²) in [6.07, 6.45) is 1.57. The summed E-state index contributed by atoms with van der Waals surface area (Å²) in [5.41, 5.74) is 0.465. The molecule has 2 fully saturated rings. The number of halogens is 2. The number of likely N-dealkylation sites (tertiary alicyclic amines) is 1. The largest absolute Gasteiger partial charge is 0.350 e. The second-order valence-electron chi connectivity index (χ2n) is 5.44. The van der Waals surface area contributed by atoms with Crippen LogP contribution in [0, 0.1) is 0 Å². The van der Waals surface area contributed by atoms with E-state index >= 15 is 0 Å². The molecule has 22 heavy (non-hydrogen) atoms. The van der Waals surface area contributed by atoms with Crippen LogP contribution in [-0.4, -0.2) is 48.4 Å². The van der Waals surface area contributed by atoms with E-state index in [1.807, 2.05) is 4.90 Å². The average molecular weight is 344 g/mol. The number of nitrogens with zero attached hydrogens (tertiary/aromatic N) is 1. The van der Waals surface area contributed by atoms with Crippen molar-refractivity contribution in [2.24, 2.45) is 0 Å². The van der Waals surface area contributed by atoms with E-state index in [1.165, 1.54) is 0 Å². The van der Waals surface area contributed by atoms with Crippen molar-refractivity contribution in [2.75, 3.05) is 19.6 Å². The Morgan fingerprint density at radius 2 is 2.18 bits per heavy atom. The Morgan fingerprint density at radius 1 is 1.41 bits per heavy atom. The third kappa shape index (κ3) is 3.37. The van der Waals surface area contributed by atoms with Crippen molar-refractivity contribution in [3.63, 3.8) is 0 Å². The van der Waals surface area contributed by atoms with Crippen LogP contribution < -0.4 is 10.6 Å². The molecule has 2 amide bonds. The van der Waals surface area contributed by atoms with E-state index in [4.69, 9.17) is 11.6 Å². The molecule has 5 nitrogen and oxygen atoms in total. The highest BCUT2D eigenvalue weighted by atomic mass is 35.5. The molecule has 0 aromatic heterocycles. The van der Waals surface area contributed by atoms with Crippen molar-refractivity contribution in [3.8, 4) is 0 Å². The van der Waals surface area contributed by atoms with Crippen molar-refractivity contribution in [1.29, 1.82) is 0 Å². The molecule has 2 heterocycles. The molecule has 0 aliphatic carbocycles. The van der Waals surface area contributed by atoms with Gasteiger partial charge in [-0.25, -0.2) is 0 Å². The van der Waals surface area contributed by atoms with Crippen molar-refractivity contribution in [3.05, 3.63) is 34.9 Å². The van der Waals surface area contributed by atoms with Gasteiger partial charge in [0.2, 0.25) is 5.91 Å². The molecule has 2 saturated heterocycles. The summed E-state index contributed by atoms with van der Waals surface area (Å²) in [6.45, 7) is 1.96. The fourth-order valence-electron chi connectivity index (χ4n) is 3.15. The van der Waals surface area contributed by atoms with Gasteiger partial charge in [0.15, 0.2) is 0 Å². The molecule has 1 aromatic carbocycles. The van der Waals surface area contributed by atoms with E-state index in [0.29, 0.717) is 30.1 Å². The molecule has 1 aromatic rings. The number of rotatable bonds is 4. The predicted octanol–water partition coefficient (Wildman–Crippen LogP) is 1.45. The molecule has 0 unspecified atom stereocenters. The summed E-state index contributed by atoms with van der Waals surface area (Å²) < 4.78 is 0. The Labute approximate surface area is 140 Å². The zero-order valence-corrected chi connectivity index (χ0v) is 13.6. The van der Waals surface area contributed by atoms with Crippen molar-refractivity contribution < 1.29 is 9.59 Å². The fourth-order valence-corrected chi connectivity index (χ4v) is 3.37. The van der Waals surface area contributed by atoms with E-state index in [-0.39, 0.29) is 36.3 Å². The topological polar surface area (TPSA) is 61.4 Å². The van der Waals surface area contributed by atoms with Gasteiger partial charge in [-0.3, -0.25) is 9.59 Å². The highest BCUT2D eigenvalue weighted by Crippen LogP contribution is 2.25. The van der Waals surface area contributed by atoms with E-state index in [2.05, 4.69) is 10.6 Å². The zero-order valence-electron chi connectivity index (χ0n) is 12.0. The van der Waals surface area contributed by atoms with Crippen LogP contribution in [0.4, 0.5) is 0 Å². The summed E-state index contributed by atoms with van der Waals surface area (Å²) in [6, 6.07) is 7.52. The van der Waals surface area contributed by atoms with Crippen LogP contribution in [0.15, 0.2) is 24.3 Å². The molecule has 2 N–H and O–H groups in total. The number of carbonyl (C=O) groups excluding carboxylic acids is 2. The first kappa shape index (κ1) is 17.1. The van der Waals surface area contributed by atoms with E-state index in [1.54, 1.807) is 24.3 Å². The van der Waals surface area contributed by atoms with Crippen LogP contribution in [-0.2, 0) is 4.79 Å². The molecule has 7 heteroatoms. The lowest BCUT2D eigenvalue weighted by Gasteiger charge is -2.23. The Balaban J connectivity index is 0.00000176. The molecular formula is C15H19Cl2N3O2. The molecule has 2 atom stereocenters. The minimum Gasteiger partial charge on any atom is -0.350 e. The monoisotopic (exact) mass is 343 g/mol. The number of hydrogen-bond acceptors (Lipinski definition) is 3. The normalized spacial score (nSPS) is 23.1. The van der Waals surface area contributed by atoms with Gasteiger partial charge in [0.1, 0.15) is 0 Å². The third-order valence-corrected chi connectivity index (χ3v) is 4.51. The first-order valence-electron chi connectivity index (χ1n) is 7.22. The minimum absolute atomic E-state index is 0. The van der Waals surface area contributed by atoms with Gasteiger partial charge in [-0.15, -0.1) is 12.4 Å². The number of benzene rings is 1. The molecule has 3 rings (SSSR count). The quantitative estimate of drug-likeness (QED) is 0.869. The van der Waals surface area contributed by atoms with Gasteiger partial charge < -0.3 is 15.5 Å². The molecule has 0 spiro atoms. The first-order chi connectivity index (χ1) is 10.2. The fraction of sp³-hybridized carbons (Fsp3) is 0.467. The van der Waals surface area contributed by atoms with Crippen LogP contribution in [0.3, 0.4) is 0 Å². The summed E-state index contributed by atoms with van der Waals surface area (Å²) in [7, 11) is 0. The Kier molecular flexibility index (Phi) is 5.67. The Hall–Kier alpha value is -1.30. The number of hydrogen-bond donors (Lipinski definition) is 2. The van der Waals surface area contributed by atoms with Gasteiger partial charge >= 0.3 is 0 Å². The number of fused-ring (bicyclic) bond motifs is 1. The first-order valence-corrected chi connectivity index (χ1v) is 7.60. The summed E-state index contributed by atoms with van der Waals surface area (Å²) in [5, 5.41) is 6.61. The van der Waals surface area contributed by atoms with Crippen LogP contribution in [0.2, 0.25) is 5.02 Å². The van der Waals surface area contributed by atoms with Gasteiger partial charge in [0.25, 0.3) is 5.91 Å². The van der Waals surface area contributed by atoms with Gasteiger partial charge in [-0.2, -0.15) is 0 Å². The van der Waals surface area contributed by atoms with Crippen molar-refractivity contribution >= 4 is 35.8 Å². The molecule has 0 radical (unpaired) electrons. The third-order valence-electron chi connectivity index (χ3n) is 4.18. The lowest BCUT2D eigenvalue weighted by Crippen LogP contribution is -2.41. The number of nitrogens with one attached hydrogen (secondary N) is 2. The Bertz CT molecular complexity index is 567. The van der Waals surface area contributed by atoms with Crippen LogP contribution >= 0.6 is 24.0 Å². The van der Waals surface area contributed by atoms with E-state index in [9.17, 15) is 9.59 Å². The molecule has 120 valence electrons. The Morgan fingerprint density at radius 3 is 2.95 bits per heavy atom. The van der Waals surface area contributed by atoms with Crippen molar-refractivity contribution in [2.45, 2.75) is 24.9 Å². The van der Waals surface area contributed by atoms with Crippen LogP contribution in [0.25, 0.3) is 0 Å². The highest BCUT2D eigenvalue weighted by molar-refractivity contribution is 6.33. The smallest absolute Gasteiger partial charge is 0.252 e. The maximum Gasteiger partial charge on any atom is 0.252 e. The predicted molar refractivity (Wildman–Crippen MR) is 87.6 cm³/mol. The second kappa shape index (κ2) is 7.31. The lowest BCUT2D eigenvalue weighted by atomic mass is 10.1. The average Bonchev–Trinajstić information content (AvgIpc) is 3.01. The van der Waals surface area contributed by atoms with Gasteiger partial charge in [-0.05, 0) is 25.1 Å². The summed E-state index contributed by atoms with van der Waals surface area (Å²) >= 11 is 5.99. The van der Waals surface area contributed by atoms with Crippen molar-refractivity contribution in [1.82, 2.24) is 15.5 Å². The molecule has 2 aliphatic rings. The molecule has 2 aliphatic heterocycles. The maximum absolute atomic E-state index is 12.0. The number of carbonyl (C=O) groups is 2. The van der Waals surface area contributed by atoms with Crippen LogP contribution in [0.5, 0.6) is 0 Å². The summed E-state index contributed by atoms with van der Waals surface area (Å²) in [4.78, 5) is 25.9. The van der Waals surface area contributed by atoms with Crippen LogP contribution in [0.1, 0.15) is 23.2 Å². The standard InChI is InChI=1S/C15H18ClN3O2.ClH/c16-11-4-2-1-3-10(11)15(21)18-7-8-19-13-5-6-17-12(13)9-14(19)20;/h1-4,12-13,17H,5-9H2,(H,18,21);1H/t12-,13-;/m1./s1. The molecule has 0 bridgehead atoms. The number of amides is 2. The lowest BCUT2D eigenvalue weighted by molar-refractivity contribution is -0.128. The van der Waals surface area contributed by atoms with E-state index in [0.717, 1.165) is 13.0 Å². The van der Waals surface area contributed by atoms with Gasteiger partial charge in [-0.1, -0.05) is 23.7 Å². The summed E-state index contributed by atoms with van der Waals surface area (Å²) in [5.74, 6) is -0.0301. The zero-order chi connectivity index (χ0) is 14.8. The maximum atomic E-state index is 12.0.